The smallest absolute Gasteiger partial charge is 0.449 e. The molecule has 2 amide bonds. The lowest BCUT2D eigenvalue weighted by molar-refractivity contribution is -0.178. The number of likely N-dealkylation sites (N-methyl/N-ethyl adjacent to an activating group) is 1. The second-order valence-corrected chi connectivity index (χ2v) is 12.8. The van der Waals surface area contributed by atoms with Crippen molar-refractivity contribution in [1.82, 2.24) is 10.2 Å². The summed E-state index contributed by atoms with van der Waals surface area (Å²) in [6.45, 7) is 4.67. The van der Waals surface area contributed by atoms with E-state index in [2.05, 4.69) is 0 Å². The molecule has 2 aliphatic heterocycles. The normalized spacial score (nSPS) is 22.9. The van der Waals surface area contributed by atoms with Crippen LogP contribution >= 0.6 is 0 Å². The Morgan fingerprint density at radius 2 is 1.75 bits per heavy atom. The van der Waals surface area contributed by atoms with E-state index in [1.807, 2.05) is 41.7 Å². The van der Waals surface area contributed by atoms with Crippen LogP contribution in [0.5, 0.6) is 5.75 Å². The van der Waals surface area contributed by atoms with Gasteiger partial charge in [-0.2, -0.15) is 13.2 Å². The second-order valence-electron chi connectivity index (χ2n) is 12.8. The summed E-state index contributed by atoms with van der Waals surface area (Å²) in [5, 5.41) is 4.78. The average molecular weight is 715 g/mol. The molecule has 3 aromatic rings. The molecule has 4 atom stereocenters. The number of carbonyl (C=O) groups excluding carboxylic acids is 5. The van der Waals surface area contributed by atoms with E-state index in [1.54, 1.807) is 6.92 Å². The van der Waals surface area contributed by atoms with E-state index in [0.29, 0.717) is 34.0 Å². The Bertz CT molecular complexity index is 1910. The van der Waals surface area contributed by atoms with Crippen molar-refractivity contribution in [1.29, 1.82) is 0 Å². The van der Waals surface area contributed by atoms with Crippen LogP contribution in [0.4, 0.5) is 13.2 Å². The van der Waals surface area contributed by atoms with Crippen LogP contribution in [0.2, 0.25) is 0 Å². The number of Topliss-reactive ketones (excluding diaryl/α,β-unsaturated/α-hetero) is 1. The van der Waals surface area contributed by atoms with E-state index in [1.165, 1.54) is 18.7 Å². The van der Waals surface area contributed by atoms with Gasteiger partial charge < -0.3 is 33.9 Å². The van der Waals surface area contributed by atoms with Gasteiger partial charge in [0.1, 0.15) is 5.75 Å². The van der Waals surface area contributed by atoms with E-state index in [0.717, 1.165) is 10.8 Å². The summed E-state index contributed by atoms with van der Waals surface area (Å²) < 4.78 is 66.9. The van der Waals surface area contributed by atoms with Gasteiger partial charge in [0.25, 0.3) is 5.91 Å². The highest BCUT2D eigenvalue weighted by Crippen LogP contribution is 2.46. The highest BCUT2D eigenvalue weighted by Gasteiger charge is 2.54. The van der Waals surface area contributed by atoms with Crippen molar-refractivity contribution < 1.29 is 60.8 Å². The molecule has 0 spiro atoms. The van der Waals surface area contributed by atoms with Crippen molar-refractivity contribution in [3.8, 4) is 5.75 Å². The average Bonchev–Trinajstić information content (AvgIpc) is 3.46. The lowest BCUT2D eigenvalue weighted by Crippen LogP contribution is -2.53. The first kappa shape index (κ1) is 36.2. The number of ketones is 1. The molecule has 3 aliphatic rings. The van der Waals surface area contributed by atoms with Crippen molar-refractivity contribution in [2.75, 3.05) is 26.2 Å². The van der Waals surface area contributed by atoms with E-state index in [4.69, 9.17) is 23.7 Å². The van der Waals surface area contributed by atoms with Gasteiger partial charge in [0.15, 0.2) is 29.9 Å². The third-order valence-corrected chi connectivity index (χ3v) is 9.55. The SMILES string of the molecule is CCN1C[C@@H]2O[C@@H](C(=O)O[C@]3(C(C)=O)CCc4c(c(OC(C)=O)c5cc6ccccc6cc5c4COCCCNC(=O)C(F)(F)F)C3)[C@@H](O2)C1=O. The molecule has 12 nitrogen and oxygen atoms in total. The quantitative estimate of drug-likeness (QED) is 0.135. The topological polar surface area (TPSA) is 147 Å². The van der Waals surface area contributed by atoms with E-state index in [9.17, 15) is 37.1 Å². The zero-order valence-electron chi connectivity index (χ0n) is 28.2. The van der Waals surface area contributed by atoms with Gasteiger partial charge in [0.2, 0.25) is 0 Å². The summed E-state index contributed by atoms with van der Waals surface area (Å²) in [6.07, 6.45) is -8.21. The Morgan fingerprint density at radius 1 is 1.04 bits per heavy atom. The molecule has 1 aliphatic carbocycles. The van der Waals surface area contributed by atoms with E-state index >= 15 is 0 Å². The maximum atomic E-state index is 13.7. The number of carbonyl (C=O) groups is 5. The number of amides is 2. The largest absolute Gasteiger partial charge is 0.471 e. The predicted octanol–water partition coefficient (Wildman–Crippen LogP) is 3.84. The molecule has 0 saturated carbocycles. The summed E-state index contributed by atoms with van der Waals surface area (Å²) in [6, 6.07) is 11.3. The van der Waals surface area contributed by atoms with Crippen LogP contribution in [0, 0.1) is 0 Å². The van der Waals surface area contributed by atoms with Crippen molar-refractivity contribution in [2.45, 2.75) is 83.3 Å². The molecule has 0 radical (unpaired) electrons. The summed E-state index contributed by atoms with van der Waals surface area (Å²) in [5.41, 5.74) is 0.161. The number of nitrogens with zero attached hydrogens (tertiary/aromatic N) is 1. The number of hydrogen-bond donors (Lipinski definition) is 1. The van der Waals surface area contributed by atoms with Crippen LogP contribution in [-0.2, 0) is 62.4 Å². The minimum Gasteiger partial charge on any atom is -0.449 e. The van der Waals surface area contributed by atoms with Crippen LogP contribution in [0.15, 0.2) is 36.4 Å². The molecule has 272 valence electrons. The molecule has 0 aromatic heterocycles. The number of esters is 2. The van der Waals surface area contributed by atoms with Crippen molar-refractivity contribution in [3.05, 3.63) is 53.1 Å². The fourth-order valence-electron chi connectivity index (χ4n) is 6.99. The first-order valence-electron chi connectivity index (χ1n) is 16.7. The maximum absolute atomic E-state index is 13.7. The van der Waals surface area contributed by atoms with Gasteiger partial charge in [0, 0.05) is 44.0 Å². The number of benzene rings is 3. The number of nitrogens with one attached hydrogen (secondary N) is 1. The van der Waals surface area contributed by atoms with Gasteiger partial charge in [-0.05, 0) is 72.5 Å². The molecular weight excluding hydrogens is 677 g/mol. The number of halogens is 3. The number of rotatable bonds is 11. The lowest BCUT2D eigenvalue weighted by atomic mass is 9.74. The fourth-order valence-corrected chi connectivity index (χ4v) is 6.99. The first-order valence-corrected chi connectivity index (χ1v) is 16.7. The highest BCUT2D eigenvalue weighted by atomic mass is 19.4. The highest BCUT2D eigenvalue weighted by molar-refractivity contribution is 6.05. The van der Waals surface area contributed by atoms with Crippen molar-refractivity contribution in [2.24, 2.45) is 0 Å². The Kier molecular flexibility index (Phi) is 10.1. The minimum absolute atomic E-state index is 0.00393. The van der Waals surface area contributed by atoms with Crippen LogP contribution in [0.3, 0.4) is 0 Å². The number of alkyl halides is 3. The molecule has 2 saturated heterocycles. The fraction of sp³-hybridized carbons (Fsp3) is 0.472. The lowest BCUT2D eigenvalue weighted by Gasteiger charge is -2.38. The van der Waals surface area contributed by atoms with Gasteiger partial charge in [-0.3, -0.25) is 19.2 Å². The van der Waals surface area contributed by atoms with Crippen LogP contribution in [-0.4, -0.2) is 91.0 Å². The van der Waals surface area contributed by atoms with Crippen molar-refractivity contribution in [3.63, 3.8) is 0 Å². The molecule has 3 aromatic carbocycles. The summed E-state index contributed by atoms with van der Waals surface area (Å²) in [4.78, 5) is 65.3. The molecule has 2 fully saturated rings. The number of morpholine rings is 1. The molecule has 15 heteroatoms. The number of ether oxygens (including phenoxy) is 5. The monoisotopic (exact) mass is 714 g/mol. The Hall–Kier alpha value is -4.60. The van der Waals surface area contributed by atoms with E-state index in [-0.39, 0.29) is 57.7 Å². The number of fused-ring (bicyclic) bond motifs is 5. The zero-order chi connectivity index (χ0) is 36.7. The van der Waals surface area contributed by atoms with Gasteiger partial charge >= 0.3 is 24.0 Å². The van der Waals surface area contributed by atoms with Crippen LogP contribution < -0.4 is 10.1 Å². The Balaban J connectivity index is 1.35. The molecule has 0 unspecified atom stereocenters. The summed E-state index contributed by atoms with van der Waals surface area (Å²) >= 11 is 0. The van der Waals surface area contributed by atoms with Gasteiger partial charge in [-0.25, -0.2) is 4.79 Å². The second kappa shape index (κ2) is 14.2. The molecule has 2 heterocycles. The molecule has 51 heavy (non-hydrogen) atoms. The Labute approximate surface area is 290 Å². The molecule has 2 bridgehead atoms. The van der Waals surface area contributed by atoms with Crippen molar-refractivity contribution >= 4 is 51.1 Å². The van der Waals surface area contributed by atoms with Crippen LogP contribution in [0.1, 0.15) is 50.3 Å². The molecule has 6 rings (SSSR count). The van der Waals surface area contributed by atoms with Gasteiger partial charge in [-0.15, -0.1) is 0 Å². The summed E-state index contributed by atoms with van der Waals surface area (Å²) in [5.74, 6) is -4.25. The van der Waals surface area contributed by atoms with Gasteiger partial charge in [0.05, 0.1) is 13.2 Å². The standard InChI is InChI=1S/C36H37F3N2O10/c1-4-41-17-28-49-30(32(41)44)31(50-28)33(45)51-35(19(2)42)11-10-23-26(16-35)29(48-20(3)43)25-15-22-9-6-5-8-21(22)14-24(25)27(23)18-47-13-7-12-40-34(46)36(37,38)39/h5-6,8-9,14-15,28,30-31H,4,7,10-13,16-18H2,1-3H3,(H,40,46)/t28-,30+,31+,35+/m0/s1. The molecule has 1 N–H and O–H groups in total. The Morgan fingerprint density at radius 3 is 2.39 bits per heavy atom. The van der Waals surface area contributed by atoms with Gasteiger partial charge in [-0.1, -0.05) is 24.3 Å². The first-order chi connectivity index (χ1) is 24.2. The zero-order valence-corrected chi connectivity index (χ0v) is 28.2. The van der Waals surface area contributed by atoms with Crippen LogP contribution in [0.25, 0.3) is 21.5 Å². The maximum Gasteiger partial charge on any atom is 0.471 e. The minimum atomic E-state index is -4.99. The molecular formula is C36H37F3N2O10. The third kappa shape index (κ3) is 7.14. The number of hydrogen-bond acceptors (Lipinski definition) is 10. The summed E-state index contributed by atoms with van der Waals surface area (Å²) in [7, 11) is 0. The third-order valence-electron chi connectivity index (χ3n) is 9.55. The predicted molar refractivity (Wildman–Crippen MR) is 173 cm³/mol. The van der Waals surface area contributed by atoms with E-state index < -0.39 is 59.8 Å².